The Balaban J connectivity index is 2.10. The summed E-state index contributed by atoms with van der Waals surface area (Å²) in [4.78, 5) is 43.7. The molecule has 0 saturated heterocycles. The van der Waals surface area contributed by atoms with Gasteiger partial charge in [-0.25, -0.2) is 18.6 Å². The van der Waals surface area contributed by atoms with E-state index in [1.54, 1.807) is 0 Å². The number of rotatable bonds is 6. The number of anilines is 1. The maximum Gasteiger partial charge on any atom is 0.469 e. The van der Waals surface area contributed by atoms with Gasteiger partial charge in [-0.05, 0) is 37.3 Å². The Kier molecular flexibility index (Phi) is 7.22. The molecule has 2 aromatic carbocycles. The highest BCUT2D eigenvalue weighted by molar-refractivity contribution is 7.46. The van der Waals surface area contributed by atoms with Gasteiger partial charge in [0, 0.05) is 16.1 Å². The van der Waals surface area contributed by atoms with E-state index >= 15 is 4.39 Å². The van der Waals surface area contributed by atoms with Gasteiger partial charge in [0.05, 0.1) is 18.4 Å². The molecule has 2 N–H and O–H groups in total. The molecule has 0 spiro atoms. The van der Waals surface area contributed by atoms with Crippen LogP contribution in [0.25, 0.3) is 0 Å². The standard InChI is InChI=1S/C20H17ClF4NO8P/c1-10(34-35(29,30)31)9-33-18(28)26-15-7-11(20(23,24)25)3-5-13(15)19(22,17(26)27)14-8-12(21)4-6-16(14)32-2/h3-8,10H,9H2,1-2H3,(H2,29,30,31)/t10?,19-/m0/s1. The SMILES string of the molecule is COc1ccc(Cl)cc1[C@]1(F)C(=O)N(C(=O)OCC(C)OP(=O)(O)O)c2cc(C(F)(F)F)ccc21. The van der Waals surface area contributed by atoms with Gasteiger partial charge >= 0.3 is 20.1 Å². The van der Waals surface area contributed by atoms with Crippen LogP contribution in [0.4, 0.5) is 28.0 Å². The van der Waals surface area contributed by atoms with Crippen LogP contribution in [0.5, 0.6) is 5.75 Å². The second-order valence-corrected chi connectivity index (χ2v) is 8.99. The number of carbonyl (C=O) groups excluding carboxylic acids is 2. The lowest BCUT2D eigenvalue weighted by molar-refractivity contribution is -0.137. The molecule has 1 aliphatic rings. The van der Waals surface area contributed by atoms with Crippen LogP contribution in [0.15, 0.2) is 36.4 Å². The monoisotopic (exact) mass is 541 g/mol. The molecular formula is C20H17ClF4NO8P. The van der Waals surface area contributed by atoms with Crippen LogP contribution in [0.1, 0.15) is 23.6 Å². The number of imide groups is 1. The average molecular weight is 542 g/mol. The Morgan fingerprint density at radius 3 is 2.43 bits per heavy atom. The molecule has 1 aliphatic heterocycles. The number of hydrogen-bond acceptors (Lipinski definition) is 6. The minimum atomic E-state index is -4.96. The van der Waals surface area contributed by atoms with Gasteiger partial charge in [0.15, 0.2) is 0 Å². The van der Waals surface area contributed by atoms with Gasteiger partial charge in [0.1, 0.15) is 18.5 Å². The fourth-order valence-corrected chi connectivity index (χ4v) is 4.17. The minimum absolute atomic E-state index is 0.0245. The predicted octanol–water partition coefficient (Wildman–Crippen LogP) is 4.56. The van der Waals surface area contributed by atoms with Crippen LogP contribution < -0.4 is 9.64 Å². The summed E-state index contributed by atoms with van der Waals surface area (Å²) in [5, 5.41) is -0.0245. The van der Waals surface area contributed by atoms with E-state index in [2.05, 4.69) is 4.52 Å². The molecule has 1 unspecified atom stereocenters. The lowest BCUT2D eigenvalue weighted by atomic mass is 9.88. The van der Waals surface area contributed by atoms with Gasteiger partial charge in [0.2, 0.25) is 5.67 Å². The van der Waals surface area contributed by atoms with E-state index in [1.807, 2.05) is 0 Å². The number of fused-ring (bicyclic) bond motifs is 1. The first-order chi connectivity index (χ1) is 16.1. The first-order valence-electron chi connectivity index (χ1n) is 9.59. The molecule has 0 bridgehead atoms. The van der Waals surface area contributed by atoms with E-state index in [0.717, 1.165) is 20.1 Å². The summed E-state index contributed by atoms with van der Waals surface area (Å²) in [7, 11) is -3.79. The quantitative estimate of drug-likeness (QED) is 0.403. The molecule has 0 fully saturated rings. The molecule has 2 atom stereocenters. The van der Waals surface area contributed by atoms with Gasteiger partial charge in [-0.2, -0.15) is 13.2 Å². The molecule has 0 saturated carbocycles. The molecule has 35 heavy (non-hydrogen) atoms. The molecule has 9 nitrogen and oxygen atoms in total. The Morgan fingerprint density at radius 2 is 1.86 bits per heavy atom. The summed E-state index contributed by atoms with van der Waals surface area (Å²) in [6.07, 6.45) is -7.87. The number of nitrogens with zero attached hydrogens (tertiary/aromatic N) is 1. The van der Waals surface area contributed by atoms with Crippen LogP contribution in [0, 0.1) is 0 Å². The summed E-state index contributed by atoms with van der Waals surface area (Å²) >= 11 is 5.95. The lowest BCUT2D eigenvalue weighted by Gasteiger charge is -2.23. The first-order valence-corrected chi connectivity index (χ1v) is 11.5. The third kappa shape index (κ3) is 5.29. The van der Waals surface area contributed by atoms with Crippen molar-refractivity contribution in [3.63, 3.8) is 0 Å². The summed E-state index contributed by atoms with van der Waals surface area (Å²) in [5.74, 6) is -1.78. The zero-order valence-electron chi connectivity index (χ0n) is 17.9. The predicted molar refractivity (Wildman–Crippen MR) is 113 cm³/mol. The van der Waals surface area contributed by atoms with Gasteiger partial charge < -0.3 is 19.3 Å². The maximum atomic E-state index is 16.6. The largest absolute Gasteiger partial charge is 0.496 e. The zero-order valence-corrected chi connectivity index (χ0v) is 19.5. The van der Waals surface area contributed by atoms with Crippen molar-refractivity contribution in [3.8, 4) is 5.75 Å². The fraction of sp³-hybridized carbons (Fsp3) is 0.300. The summed E-state index contributed by atoms with van der Waals surface area (Å²) < 4.78 is 81.7. The van der Waals surface area contributed by atoms with E-state index in [9.17, 15) is 27.3 Å². The second-order valence-electron chi connectivity index (χ2n) is 7.36. The Labute approximate surface area is 200 Å². The number of phosphoric ester groups is 1. The van der Waals surface area contributed by atoms with Crippen molar-refractivity contribution in [2.75, 3.05) is 18.6 Å². The Bertz CT molecular complexity index is 1220. The molecular weight excluding hydrogens is 525 g/mol. The number of alkyl halides is 4. The van der Waals surface area contributed by atoms with E-state index in [-0.39, 0.29) is 15.7 Å². The molecule has 2 aromatic rings. The number of benzene rings is 2. The Hall–Kier alpha value is -2.70. The molecule has 190 valence electrons. The maximum absolute atomic E-state index is 16.6. The van der Waals surface area contributed by atoms with Crippen molar-refractivity contribution in [3.05, 3.63) is 58.1 Å². The normalized spacial score (nSPS) is 18.9. The molecule has 3 rings (SSSR count). The van der Waals surface area contributed by atoms with Gasteiger partial charge in [0.25, 0.3) is 5.91 Å². The van der Waals surface area contributed by atoms with Gasteiger partial charge in [-0.1, -0.05) is 17.7 Å². The zero-order chi connectivity index (χ0) is 26.3. The van der Waals surface area contributed by atoms with Gasteiger partial charge in [-0.3, -0.25) is 9.32 Å². The van der Waals surface area contributed by atoms with Crippen molar-refractivity contribution in [1.29, 1.82) is 0 Å². The second kappa shape index (κ2) is 9.40. The Morgan fingerprint density at radius 1 is 1.20 bits per heavy atom. The van der Waals surface area contributed by atoms with Crippen molar-refractivity contribution in [1.82, 2.24) is 0 Å². The number of phosphoric acid groups is 1. The van der Waals surface area contributed by atoms with Crippen LogP contribution >= 0.6 is 19.4 Å². The fourth-order valence-electron chi connectivity index (χ4n) is 3.47. The molecule has 0 aromatic heterocycles. The smallest absolute Gasteiger partial charge is 0.469 e. The van der Waals surface area contributed by atoms with Crippen molar-refractivity contribution in [2.45, 2.75) is 24.9 Å². The minimum Gasteiger partial charge on any atom is -0.496 e. The number of amides is 2. The number of hydrogen-bond donors (Lipinski definition) is 2. The topological polar surface area (TPSA) is 123 Å². The van der Waals surface area contributed by atoms with E-state index in [4.69, 9.17) is 30.9 Å². The summed E-state index contributed by atoms with van der Waals surface area (Å²) in [6.45, 7) is 0.298. The third-order valence-corrected chi connectivity index (χ3v) is 5.78. The van der Waals surface area contributed by atoms with Crippen molar-refractivity contribution >= 4 is 37.1 Å². The number of methoxy groups -OCH3 is 1. The number of ether oxygens (including phenoxy) is 2. The van der Waals surface area contributed by atoms with Crippen LogP contribution in [-0.4, -0.2) is 41.6 Å². The molecule has 15 heteroatoms. The molecule has 0 aliphatic carbocycles. The summed E-state index contributed by atoms with van der Waals surface area (Å²) in [6, 6.07) is 5.26. The van der Waals surface area contributed by atoms with Gasteiger partial charge in [-0.15, -0.1) is 0 Å². The van der Waals surface area contributed by atoms with Crippen LogP contribution in [0.2, 0.25) is 5.02 Å². The van der Waals surface area contributed by atoms with Crippen molar-refractivity contribution < 1.29 is 55.5 Å². The first kappa shape index (κ1) is 26.9. The molecule has 0 radical (unpaired) electrons. The van der Waals surface area contributed by atoms with E-state index < -0.39 is 66.8 Å². The highest BCUT2D eigenvalue weighted by Crippen LogP contribution is 2.51. The highest BCUT2D eigenvalue weighted by atomic mass is 35.5. The average Bonchev–Trinajstić information content (AvgIpc) is 2.97. The van der Waals surface area contributed by atoms with Crippen LogP contribution in [0.3, 0.4) is 0 Å². The number of carbonyl (C=O) groups is 2. The van der Waals surface area contributed by atoms with Crippen molar-refractivity contribution in [2.24, 2.45) is 0 Å². The number of halogens is 5. The van der Waals surface area contributed by atoms with Crippen LogP contribution in [-0.2, 0) is 30.5 Å². The highest BCUT2D eigenvalue weighted by Gasteiger charge is 2.57. The van der Waals surface area contributed by atoms with E-state index in [1.165, 1.54) is 12.1 Å². The van der Waals surface area contributed by atoms with E-state index in [0.29, 0.717) is 18.2 Å². The molecule has 2 amide bonds. The lowest BCUT2D eigenvalue weighted by Crippen LogP contribution is -2.42. The molecule has 1 heterocycles. The summed E-state index contributed by atoms with van der Waals surface area (Å²) in [5.41, 5.74) is -6.28. The third-order valence-electron chi connectivity index (χ3n) is 4.91.